The second-order valence-electron chi connectivity index (χ2n) is 11.0. The molecule has 3 aromatic carbocycles. The topological polar surface area (TPSA) is 32.8 Å². The molecule has 3 aromatic rings. The number of piperidine rings is 1. The zero-order valence-electron chi connectivity index (χ0n) is 23.6. The Morgan fingerprint density at radius 3 is 2.10 bits per heavy atom. The minimum Gasteiger partial charge on any atom is -0.497 e. The maximum Gasteiger partial charge on any atom is 0.162 e. The quantitative estimate of drug-likeness (QED) is 0.221. The molecule has 4 nitrogen and oxygen atoms in total. The number of likely N-dealkylation sites (tertiary alicyclic amines) is 1. The van der Waals surface area contributed by atoms with Crippen LogP contribution in [0.2, 0.25) is 10.0 Å². The molecule has 0 atom stereocenters. The van der Waals surface area contributed by atoms with Crippen molar-refractivity contribution in [1.82, 2.24) is 9.80 Å². The SMILES string of the molecule is COc1ccc(CN2CCc3ccc(C(=O)CCC4CCN(Cc5ccc(Cl)c(Cl)c5)CC4)cc3CC2)cc1.Cl.Cl. The van der Waals surface area contributed by atoms with Crippen LogP contribution in [0, 0.1) is 5.92 Å². The van der Waals surface area contributed by atoms with E-state index in [4.69, 9.17) is 27.9 Å². The number of ketones is 1. The van der Waals surface area contributed by atoms with E-state index in [-0.39, 0.29) is 30.6 Å². The molecule has 2 aliphatic heterocycles. The normalized spacial score (nSPS) is 16.2. The number of rotatable bonds is 9. The van der Waals surface area contributed by atoms with Gasteiger partial charge < -0.3 is 4.74 Å². The number of ether oxygens (including phenoxy) is 1. The summed E-state index contributed by atoms with van der Waals surface area (Å²) >= 11 is 12.2. The van der Waals surface area contributed by atoms with Gasteiger partial charge in [-0.2, -0.15) is 0 Å². The number of carbonyl (C=O) groups is 1. The lowest BCUT2D eigenvalue weighted by Crippen LogP contribution is -2.33. The summed E-state index contributed by atoms with van der Waals surface area (Å²) in [7, 11) is 1.70. The van der Waals surface area contributed by atoms with E-state index >= 15 is 0 Å². The van der Waals surface area contributed by atoms with Gasteiger partial charge in [0.2, 0.25) is 0 Å². The van der Waals surface area contributed by atoms with Crippen LogP contribution in [0.25, 0.3) is 0 Å². The Balaban J connectivity index is 0.00000231. The summed E-state index contributed by atoms with van der Waals surface area (Å²) in [6, 6.07) is 20.7. The number of nitrogens with zero attached hydrogens (tertiary/aromatic N) is 2. The van der Waals surface area contributed by atoms with Crippen LogP contribution < -0.4 is 4.74 Å². The molecule has 0 aromatic heterocycles. The van der Waals surface area contributed by atoms with Gasteiger partial charge >= 0.3 is 0 Å². The molecule has 5 rings (SSSR count). The van der Waals surface area contributed by atoms with Gasteiger partial charge in [-0.05, 0) is 104 Å². The molecule has 41 heavy (non-hydrogen) atoms. The second kappa shape index (κ2) is 16.2. The average molecular weight is 639 g/mol. The van der Waals surface area contributed by atoms with Gasteiger partial charge in [0.25, 0.3) is 0 Å². The number of halogens is 4. The Hall–Kier alpha value is -1.79. The number of hydrogen-bond donors (Lipinski definition) is 0. The van der Waals surface area contributed by atoms with Crippen molar-refractivity contribution in [3.8, 4) is 5.75 Å². The first-order chi connectivity index (χ1) is 19.0. The Morgan fingerprint density at radius 2 is 1.41 bits per heavy atom. The zero-order chi connectivity index (χ0) is 27.2. The minimum atomic E-state index is 0. The van der Waals surface area contributed by atoms with Crippen molar-refractivity contribution in [2.45, 2.75) is 51.6 Å². The summed E-state index contributed by atoms with van der Waals surface area (Å²) in [4.78, 5) is 18.1. The van der Waals surface area contributed by atoms with Crippen LogP contribution in [0.4, 0.5) is 0 Å². The second-order valence-corrected chi connectivity index (χ2v) is 11.9. The summed E-state index contributed by atoms with van der Waals surface area (Å²) in [5.74, 6) is 1.80. The minimum absolute atomic E-state index is 0. The molecule has 0 aliphatic carbocycles. The van der Waals surface area contributed by atoms with Gasteiger partial charge in [-0.1, -0.05) is 53.5 Å². The van der Waals surface area contributed by atoms with Crippen LogP contribution in [0.15, 0.2) is 60.7 Å². The molecular weight excluding hydrogens is 598 g/mol. The van der Waals surface area contributed by atoms with E-state index < -0.39 is 0 Å². The van der Waals surface area contributed by atoms with E-state index in [1.165, 1.54) is 22.3 Å². The van der Waals surface area contributed by atoms with Gasteiger partial charge in [0, 0.05) is 38.2 Å². The van der Waals surface area contributed by atoms with Crippen molar-refractivity contribution in [1.29, 1.82) is 0 Å². The van der Waals surface area contributed by atoms with Crippen molar-refractivity contribution in [2.75, 3.05) is 33.3 Å². The van der Waals surface area contributed by atoms with E-state index in [0.29, 0.717) is 22.4 Å². The van der Waals surface area contributed by atoms with Crippen molar-refractivity contribution in [3.05, 3.63) is 98.5 Å². The fourth-order valence-corrected chi connectivity index (χ4v) is 6.22. The standard InChI is InChI=1S/C33H38Cl2N2O2.2ClH/c1-39-30-8-2-25(3-9-30)22-37-18-14-27-6-7-29(21-28(27)15-19-37)33(38)11-5-24-12-16-36(17-13-24)23-26-4-10-31(34)32(35)20-26;;/h2-4,6-10,20-21,24H,5,11-19,22-23H2,1H3;2*1H. The molecular formula is C33H40Cl4N2O2. The lowest BCUT2D eigenvalue weighted by Gasteiger charge is -2.32. The monoisotopic (exact) mass is 636 g/mol. The molecule has 0 radical (unpaired) electrons. The maximum absolute atomic E-state index is 13.1. The highest BCUT2D eigenvalue weighted by Crippen LogP contribution is 2.27. The van der Waals surface area contributed by atoms with E-state index in [9.17, 15) is 4.79 Å². The molecule has 2 aliphatic rings. The molecule has 0 spiro atoms. The van der Waals surface area contributed by atoms with Crippen molar-refractivity contribution >= 4 is 53.8 Å². The molecule has 0 N–H and O–H groups in total. The molecule has 8 heteroatoms. The summed E-state index contributed by atoms with van der Waals surface area (Å²) in [6.07, 6.45) is 5.92. The summed E-state index contributed by atoms with van der Waals surface area (Å²) in [5, 5.41) is 1.22. The number of fused-ring (bicyclic) bond motifs is 1. The van der Waals surface area contributed by atoms with Crippen LogP contribution >= 0.6 is 48.0 Å². The fraction of sp³-hybridized carbons (Fsp3) is 0.424. The van der Waals surface area contributed by atoms with Crippen LogP contribution in [0.1, 0.15) is 58.3 Å². The van der Waals surface area contributed by atoms with Gasteiger partial charge in [0.05, 0.1) is 17.2 Å². The number of hydrogen-bond acceptors (Lipinski definition) is 4. The molecule has 0 amide bonds. The third-order valence-electron chi connectivity index (χ3n) is 8.37. The van der Waals surface area contributed by atoms with Crippen molar-refractivity contribution in [2.24, 2.45) is 5.92 Å². The molecule has 222 valence electrons. The number of carbonyl (C=O) groups excluding carboxylic acids is 1. The van der Waals surface area contributed by atoms with Crippen LogP contribution in [-0.2, 0) is 25.9 Å². The average Bonchev–Trinajstić information content (AvgIpc) is 3.16. The highest BCUT2D eigenvalue weighted by molar-refractivity contribution is 6.42. The van der Waals surface area contributed by atoms with Crippen LogP contribution in [0.5, 0.6) is 5.75 Å². The van der Waals surface area contributed by atoms with E-state index in [1.54, 1.807) is 7.11 Å². The first kappa shape index (κ1) is 33.7. The van der Waals surface area contributed by atoms with Gasteiger partial charge in [0.1, 0.15) is 5.75 Å². The summed E-state index contributed by atoms with van der Waals surface area (Å²) in [5.41, 5.74) is 6.11. The number of Topliss-reactive ketones (excluding diaryl/α,β-unsaturated/α-hetero) is 1. The lowest BCUT2D eigenvalue weighted by atomic mass is 9.89. The first-order valence-corrected chi connectivity index (χ1v) is 14.9. The van der Waals surface area contributed by atoms with Crippen molar-refractivity contribution < 1.29 is 9.53 Å². The van der Waals surface area contributed by atoms with Gasteiger partial charge in [-0.25, -0.2) is 0 Å². The highest BCUT2D eigenvalue weighted by atomic mass is 35.5. The predicted octanol–water partition coefficient (Wildman–Crippen LogP) is 8.32. The van der Waals surface area contributed by atoms with E-state index in [2.05, 4.69) is 46.2 Å². The summed E-state index contributed by atoms with van der Waals surface area (Å²) < 4.78 is 5.28. The molecule has 1 saturated heterocycles. The van der Waals surface area contributed by atoms with Crippen molar-refractivity contribution in [3.63, 3.8) is 0 Å². The Labute approximate surface area is 267 Å². The fourth-order valence-electron chi connectivity index (χ4n) is 5.90. The number of methoxy groups -OCH3 is 1. The first-order valence-electron chi connectivity index (χ1n) is 14.1. The molecule has 1 fully saturated rings. The third kappa shape index (κ3) is 9.35. The maximum atomic E-state index is 13.1. The molecule has 0 unspecified atom stereocenters. The Morgan fingerprint density at radius 1 is 0.780 bits per heavy atom. The van der Waals surface area contributed by atoms with Gasteiger partial charge in [-0.3, -0.25) is 14.6 Å². The smallest absolute Gasteiger partial charge is 0.162 e. The lowest BCUT2D eigenvalue weighted by molar-refractivity contribution is 0.0961. The number of benzene rings is 3. The van der Waals surface area contributed by atoms with E-state index in [1.807, 2.05) is 24.3 Å². The van der Waals surface area contributed by atoms with Gasteiger partial charge in [0.15, 0.2) is 5.78 Å². The molecule has 2 heterocycles. The Kier molecular flexibility index (Phi) is 13.3. The third-order valence-corrected chi connectivity index (χ3v) is 9.10. The van der Waals surface area contributed by atoms with Crippen LogP contribution in [0.3, 0.4) is 0 Å². The summed E-state index contributed by atoms with van der Waals surface area (Å²) in [6.45, 7) is 6.01. The zero-order valence-corrected chi connectivity index (χ0v) is 26.8. The molecule has 0 saturated carbocycles. The van der Waals surface area contributed by atoms with E-state index in [0.717, 1.165) is 82.7 Å². The van der Waals surface area contributed by atoms with Gasteiger partial charge in [-0.15, -0.1) is 24.8 Å². The molecule has 0 bridgehead atoms. The van der Waals surface area contributed by atoms with Crippen LogP contribution in [-0.4, -0.2) is 48.9 Å². The predicted molar refractivity (Wildman–Crippen MR) is 175 cm³/mol. The largest absolute Gasteiger partial charge is 0.497 e. The highest BCUT2D eigenvalue weighted by Gasteiger charge is 2.21. The Bertz CT molecular complexity index is 1280.